The molecule has 1 aromatic carbocycles. The molecule has 1 amide bonds. The van der Waals surface area contributed by atoms with E-state index in [2.05, 4.69) is 19.2 Å². The minimum absolute atomic E-state index is 0.146. The fraction of sp³-hybridized carbons (Fsp3) is 0.533. The Bertz CT molecular complexity index is 457. The minimum atomic E-state index is 0.146. The second-order valence-corrected chi connectivity index (χ2v) is 5.76. The lowest BCUT2D eigenvalue weighted by Gasteiger charge is -2.36. The van der Waals surface area contributed by atoms with E-state index in [4.69, 9.17) is 16.3 Å². The zero-order valence-corrected chi connectivity index (χ0v) is 12.7. The normalized spacial score (nSPS) is 22.6. The summed E-state index contributed by atoms with van der Waals surface area (Å²) in [5.41, 5.74) is 0. The van der Waals surface area contributed by atoms with Crippen molar-refractivity contribution in [2.75, 3.05) is 19.7 Å². The molecule has 1 aliphatic rings. The maximum Gasteiger partial charge on any atom is 0.226 e. The van der Waals surface area contributed by atoms with Crippen LogP contribution in [0.2, 0.25) is 5.02 Å². The molecule has 1 N–H and O–H groups in total. The van der Waals surface area contributed by atoms with Crippen molar-refractivity contribution in [2.24, 2.45) is 0 Å². The molecule has 0 aliphatic carbocycles. The van der Waals surface area contributed by atoms with Crippen LogP contribution in [0.5, 0.6) is 5.75 Å². The van der Waals surface area contributed by atoms with Crippen molar-refractivity contribution < 1.29 is 9.53 Å². The molecule has 0 spiro atoms. The molecule has 5 heteroatoms. The zero-order valence-electron chi connectivity index (χ0n) is 11.9. The van der Waals surface area contributed by atoms with Gasteiger partial charge in [0.25, 0.3) is 0 Å². The molecule has 1 aliphatic heterocycles. The van der Waals surface area contributed by atoms with E-state index in [1.807, 2.05) is 17.0 Å². The first-order chi connectivity index (χ1) is 9.54. The van der Waals surface area contributed by atoms with Gasteiger partial charge in [0.2, 0.25) is 5.91 Å². The summed E-state index contributed by atoms with van der Waals surface area (Å²) in [6.07, 6.45) is 0.395. The Morgan fingerprint density at radius 1 is 1.40 bits per heavy atom. The van der Waals surface area contributed by atoms with Crippen LogP contribution in [0.3, 0.4) is 0 Å². The highest BCUT2D eigenvalue weighted by molar-refractivity contribution is 6.30. The first-order valence-corrected chi connectivity index (χ1v) is 7.34. The van der Waals surface area contributed by atoms with Crippen molar-refractivity contribution >= 4 is 17.5 Å². The molecule has 1 saturated heterocycles. The van der Waals surface area contributed by atoms with Gasteiger partial charge in [-0.15, -0.1) is 0 Å². The van der Waals surface area contributed by atoms with Gasteiger partial charge in [0.05, 0.1) is 13.0 Å². The summed E-state index contributed by atoms with van der Waals surface area (Å²) in [4.78, 5) is 14.0. The summed E-state index contributed by atoms with van der Waals surface area (Å²) in [7, 11) is 0. The molecule has 0 saturated carbocycles. The van der Waals surface area contributed by atoms with E-state index in [-0.39, 0.29) is 5.91 Å². The van der Waals surface area contributed by atoms with Gasteiger partial charge >= 0.3 is 0 Å². The molecular formula is C15H21ClN2O2. The molecule has 1 fully saturated rings. The van der Waals surface area contributed by atoms with Crippen molar-refractivity contribution in [1.29, 1.82) is 0 Å². The summed E-state index contributed by atoms with van der Waals surface area (Å²) in [5.74, 6) is 0.847. The van der Waals surface area contributed by atoms with Crippen molar-refractivity contribution in [3.63, 3.8) is 0 Å². The third-order valence-electron chi connectivity index (χ3n) is 3.29. The topological polar surface area (TPSA) is 41.6 Å². The van der Waals surface area contributed by atoms with Crippen LogP contribution >= 0.6 is 11.6 Å². The van der Waals surface area contributed by atoms with Gasteiger partial charge in [0.15, 0.2) is 0 Å². The number of carbonyl (C=O) groups is 1. The largest absolute Gasteiger partial charge is 0.493 e. The second-order valence-electron chi connectivity index (χ2n) is 5.32. The zero-order chi connectivity index (χ0) is 14.5. The predicted molar refractivity (Wildman–Crippen MR) is 80.2 cm³/mol. The van der Waals surface area contributed by atoms with Gasteiger partial charge in [0, 0.05) is 30.2 Å². The van der Waals surface area contributed by atoms with Gasteiger partial charge in [0.1, 0.15) is 5.75 Å². The lowest BCUT2D eigenvalue weighted by atomic mass is 10.1. The second kappa shape index (κ2) is 6.95. The van der Waals surface area contributed by atoms with Crippen LogP contribution < -0.4 is 10.1 Å². The Labute approximate surface area is 125 Å². The average molecular weight is 297 g/mol. The Balaban J connectivity index is 1.77. The van der Waals surface area contributed by atoms with E-state index in [1.54, 1.807) is 12.1 Å². The molecule has 1 heterocycles. The van der Waals surface area contributed by atoms with Crippen molar-refractivity contribution in [2.45, 2.75) is 32.4 Å². The molecule has 2 rings (SSSR count). The molecule has 0 unspecified atom stereocenters. The summed E-state index contributed by atoms with van der Waals surface area (Å²) in [6.45, 7) is 6.10. The standard InChI is InChI=1S/C15H21ClN2O2/c1-11-9-18(10-12(2)17-11)15(19)6-7-20-14-5-3-4-13(16)8-14/h3-5,8,11-12,17H,6-7,9-10H2,1-2H3/t11-,12-/m0/s1. The summed E-state index contributed by atoms with van der Waals surface area (Å²) in [5, 5.41) is 4.05. The molecule has 0 aromatic heterocycles. The van der Waals surface area contributed by atoms with Crippen LogP contribution in [-0.2, 0) is 4.79 Å². The fourth-order valence-electron chi connectivity index (χ4n) is 2.50. The number of halogens is 1. The molecular weight excluding hydrogens is 276 g/mol. The van der Waals surface area contributed by atoms with Crippen molar-refractivity contribution in [3.05, 3.63) is 29.3 Å². The smallest absolute Gasteiger partial charge is 0.226 e. The number of benzene rings is 1. The van der Waals surface area contributed by atoms with Crippen molar-refractivity contribution in [3.8, 4) is 5.75 Å². The van der Waals surface area contributed by atoms with E-state index in [0.29, 0.717) is 35.9 Å². The lowest BCUT2D eigenvalue weighted by Crippen LogP contribution is -2.56. The van der Waals surface area contributed by atoms with Crippen LogP contribution in [0.15, 0.2) is 24.3 Å². The Morgan fingerprint density at radius 3 is 2.75 bits per heavy atom. The highest BCUT2D eigenvalue weighted by atomic mass is 35.5. The van der Waals surface area contributed by atoms with Crippen molar-refractivity contribution in [1.82, 2.24) is 10.2 Å². The summed E-state index contributed by atoms with van der Waals surface area (Å²) >= 11 is 5.88. The van der Waals surface area contributed by atoms with E-state index in [9.17, 15) is 4.79 Å². The third kappa shape index (κ3) is 4.39. The number of hydrogen-bond donors (Lipinski definition) is 1. The molecule has 110 valence electrons. The van der Waals surface area contributed by atoms with Gasteiger partial charge in [-0.1, -0.05) is 17.7 Å². The third-order valence-corrected chi connectivity index (χ3v) is 3.53. The van der Waals surface area contributed by atoms with E-state index in [0.717, 1.165) is 13.1 Å². The van der Waals surface area contributed by atoms with Gasteiger partial charge < -0.3 is 15.0 Å². The number of carbonyl (C=O) groups excluding carboxylic acids is 1. The molecule has 4 nitrogen and oxygen atoms in total. The number of nitrogens with one attached hydrogen (secondary N) is 1. The molecule has 2 atom stereocenters. The quantitative estimate of drug-likeness (QED) is 0.927. The first kappa shape index (κ1) is 15.1. The first-order valence-electron chi connectivity index (χ1n) is 6.97. The Morgan fingerprint density at radius 2 is 2.10 bits per heavy atom. The average Bonchev–Trinajstić information content (AvgIpc) is 2.37. The molecule has 0 radical (unpaired) electrons. The van der Waals surface area contributed by atoms with E-state index in [1.165, 1.54) is 0 Å². The van der Waals surface area contributed by atoms with E-state index < -0.39 is 0 Å². The van der Waals surface area contributed by atoms with Crippen LogP contribution in [0, 0.1) is 0 Å². The molecule has 1 aromatic rings. The van der Waals surface area contributed by atoms with Crippen LogP contribution in [0.1, 0.15) is 20.3 Å². The van der Waals surface area contributed by atoms with Crippen LogP contribution in [0.25, 0.3) is 0 Å². The number of nitrogens with zero attached hydrogens (tertiary/aromatic N) is 1. The van der Waals surface area contributed by atoms with E-state index >= 15 is 0 Å². The fourth-order valence-corrected chi connectivity index (χ4v) is 2.68. The number of hydrogen-bond acceptors (Lipinski definition) is 3. The van der Waals surface area contributed by atoms with Gasteiger partial charge in [-0.25, -0.2) is 0 Å². The monoisotopic (exact) mass is 296 g/mol. The lowest BCUT2D eigenvalue weighted by molar-refractivity contribution is -0.133. The number of piperazine rings is 1. The number of rotatable bonds is 4. The SMILES string of the molecule is C[C@H]1CN(C(=O)CCOc2cccc(Cl)c2)C[C@H](C)N1. The molecule has 20 heavy (non-hydrogen) atoms. The van der Waals surface area contributed by atoms with Gasteiger partial charge in [-0.2, -0.15) is 0 Å². The Hall–Kier alpha value is -1.26. The Kier molecular flexibility index (Phi) is 5.26. The maximum absolute atomic E-state index is 12.1. The van der Waals surface area contributed by atoms with Gasteiger partial charge in [-0.05, 0) is 32.0 Å². The summed E-state index contributed by atoms with van der Waals surface area (Å²) < 4.78 is 5.55. The number of ether oxygens (including phenoxy) is 1. The maximum atomic E-state index is 12.1. The van der Waals surface area contributed by atoms with Crippen LogP contribution in [-0.4, -0.2) is 42.6 Å². The van der Waals surface area contributed by atoms with Crippen LogP contribution in [0.4, 0.5) is 0 Å². The van der Waals surface area contributed by atoms with Gasteiger partial charge in [-0.3, -0.25) is 4.79 Å². The number of amides is 1. The highest BCUT2D eigenvalue weighted by Crippen LogP contribution is 2.17. The minimum Gasteiger partial charge on any atom is -0.493 e. The summed E-state index contributed by atoms with van der Waals surface area (Å²) in [6, 6.07) is 7.90. The predicted octanol–water partition coefficient (Wildman–Crippen LogP) is 2.32. The molecule has 0 bridgehead atoms. The highest BCUT2D eigenvalue weighted by Gasteiger charge is 2.24.